The highest BCUT2D eigenvalue weighted by molar-refractivity contribution is 7.47. The Morgan fingerprint density at radius 2 is 0.404 bits per heavy atom. The molecule has 2 unspecified atom stereocenters. The molecule has 99 heavy (non-hydrogen) atoms. The molecule has 0 fully saturated rings. The van der Waals surface area contributed by atoms with Gasteiger partial charge in [-0.3, -0.25) is 37.3 Å². The first kappa shape index (κ1) is 97.1. The van der Waals surface area contributed by atoms with Crippen molar-refractivity contribution in [1.29, 1.82) is 0 Å². The van der Waals surface area contributed by atoms with E-state index in [0.29, 0.717) is 25.7 Å². The molecule has 3 N–H and O–H groups in total. The molecule has 0 radical (unpaired) electrons. The number of unbranched alkanes of at least 4 members (excludes halogenated alkanes) is 55. The molecule has 0 aliphatic heterocycles. The van der Waals surface area contributed by atoms with Gasteiger partial charge in [0.05, 0.1) is 26.4 Å². The lowest BCUT2D eigenvalue weighted by atomic mass is 10.0. The second kappa shape index (κ2) is 74.3. The van der Waals surface area contributed by atoms with E-state index in [9.17, 15) is 43.2 Å². The molecule has 0 spiro atoms. The highest BCUT2D eigenvalue weighted by atomic mass is 31.2. The van der Waals surface area contributed by atoms with Crippen LogP contribution in [0.2, 0.25) is 0 Å². The average Bonchev–Trinajstić information content (AvgIpc) is 1.02. The monoisotopic (exact) mass is 1450 g/mol. The Bertz CT molecular complexity index is 1880. The number of hydrogen-bond acceptors (Lipinski definition) is 15. The van der Waals surface area contributed by atoms with Crippen molar-refractivity contribution in [3.8, 4) is 0 Å². The number of carbonyl (C=O) groups is 4. The van der Waals surface area contributed by atoms with Gasteiger partial charge in [-0.15, -0.1) is 0 Å². The zero-order valence-corrected chi connectivity index (χ0v) is 66.3. The van der Waals surface area contributed by atoms with E-state index in [-0.39, 0.29) is 25.7 Å². The van der Waals surface area contributed by atoms with Crippen molar-refractivity contribution >= 4 is 39.5 Å². The maximum atomic E-state index is 13.1. The molecule has 0 saturated heterocycles. The van der Waals surface area contributed by atoms with Gasteiger partial charge in [-0.2, -0.15) is 0 Å². The van der Waals surface area contributed by atoms with Gasteiger partial charge in [-0.1, -0.05) is 381 Å². The average molecular weight is 1450 g/mol. The van der Waals surface area contributed by atoms with E-state index in [1.807, 2.05) is 0 Å². The second-order valence-electron chi connectivity index (χ2n) is 28.8. The van der Waals surface area contributed by atoms with Crippen molar-refractivity contribution in [2.24, 2.45) is 0 Å². The molecule has 5 atom stereocenters. The number of phosphoric acid groups is 2. The fraction of sp³-hybridized carbons (Fsp3) is 0.950. The summed E-state index contributed by atoms with van der Waals surface area (Å²) in [6.45, 7) is 4.93. The number of phosphoric ester groups is 2. The van der Waals surface area contributed by atoms with Gasteiger partial charge in [-0.25, -0.2) is 9.13 Å². The zero-order chi connectivity index (χ0) is 72.5. The van der Waals surface area contributed by atoms with Crippen LogP contribution in [0.15, 0.2) is 0 Å². The molecule has 0 amide bonds. The van der Waals surface area contributed by atoms with Crippen molar-refractivity contribution in [2.45, 2.75) is 451 Å². The smallest absolute Gasteiger partial charge is 0.462 e. The Kier molecular flexibility index (Phi) is 72.9. The SMILES string of the molecule is CCCCCCCCCCCCCCCCCCCCCCCC(=O)O[C@H](COC(=O)CCCCCCCCCCCCCCCCCCCCC)COP(=O)(O)OC[C@@H](O)COP(=O)(O)OC[C@@H](COC(=O)CCCCCCC)OC(=O)CCCCCCCCCCCCCCCC. The number of carbonyl (C=O) groups excluding carboxylic acids is 4. The van der Waals surface area contributed by atoms with E-state index >= 15 is 0 Å². The molecule has 0 bridgehead atoms. The molecular formula is C80H156O17P2. The Morgan fingerprint density at radius 1 is 0.242 bits per heavy atom. The van der Waals surface area contributed by atoms with Gasteiger partial charge in [0.25, 0.3) is 0 Å². The van der Waals surface area contributed by atoms with E-state index in [2.05, 4.69) is 27.7 Å². The molecule has 0 heterocycles. The van der Waals surface area contributed by atoms with Gasteiger partial charge < -0.3 is 33.8 Å². The molecule has 19 heteroatoms. The minimum absolute atomic E-state index is 0.108. The molecule has 0 aromatic carbocycles. The minimum Gasteiger partial charge on any atom is -0.462 e. The molecule has 0 rings (SSSR count). The third-order valence-electron chi connectivity index (χ3n) is 18.9. The van der Waals surface area contributed by atoms with Crippen LogP contribution < -0.4 is 0 Å². The van der Waals surface area contributed by atoms with Crippen LogP contribution in [0.1, 0.15) is 432 Å². The molecule has 0 saturated carbocycles. The number of hydrogen-bond donors (Lipinski definition) is 3. The van der Waals surface area contributed by atoms with Gasteiger partial charge in [0, 0.05) is 25.7 Å². The van der Waals surface area contributed by atoms with E-state index in [1.54, 1.807) is 0 Å². The molecule has 0 aromatic rings. The topological polar surface area (TPSA) is 237 Å². The number of ether oxygens (including phenoxy) is 4. The fourth-order valence-electron chi connectivity index (χ4n) is 12.5. The summed E-state index contributed by atoms with van der Waals surface area (Å²) in [6, 6.07) is 0. The van der Waals surface area contributed by atoms with Crippen LogP contribution in [-0.4, -0.2) is 96.7 Å². The van der Waals surface area contributed by atoms with Crippen LogP contribution in [0.3, 0.4) is 0 Å². The van der Waals surface area contributed by atoms with Crippen molar-refractivity contribution < 1.29 is 80.2 Å². The summed E-state index contributed by atoms with van der Waals surface area (Å²) < 4.78 is 68.4. The molecule has 17 nitrogen and oxygen atoms in total. The highest BCUT2D eigenvalue weighted by Gasteiger charge is 2.30. The molecule has 0 aliphatic rings. The summed E-state index contributed by atoms with van der Waals surface area (Å²) >= 11 is 0. The van der Waals surface area contributed by atoms with Crippen LogP contribution in [0.4, 0.5) is 0 Å². The Labute approximate surface area is 607 Å². The van der Waals surface area contributed by atoms with Crippen molar-refractivity contribution in [3.63, 3.8) is 0 Å². The first-order valence-electron chi connectivity index (χ1n) is 41.8. The second-order valence-corrected chi connectivity index (χ2v) is 31.7. The Balaban J connectivity index is 5.11. The van der Waals surface area contributed by atoms with E-state index in [0.717, 1.165) is 96.3 Å². The quantitative estimate of drug-likeness (QED) is 0.0222. The van der Waals surface area contributed by atoms with Gasteiger partial charge in [0.2, 0.25) is 0 Å². The van der Waals surface area contributed by atoms with Crippen molar-refractivity contribution in [1.82, 2.24) is 0 Å². The third kappa shape index (κ3) is 74.1. The lowest BCUT2D eigenvalue weighted by Crippen LogP contribution is -2.30. The first-order valence-corrected chi connectivity index (χ1v) is 44.8. The van der Waals surface area contributed by atoms with Gasteiger partial charge >= 0.3 is 39.5 Å². The van der Waals surface area contributed by atoms with Gasteiger partial charge in [0.1, 0.15) is 19.3 Å². The number of rotatable bonds is 81. The van der Waals surface area contributed by atoms with Gasteiger partial charge in [0.15, 0.2) is 12.2 Å². The van der Waals surface area contributed by atoms with Crippen LogP contribution in [0.25, 0.3) is 0 Å². The summed E-state index contributed by atoms with van der Waals surface area (Å²) in [5.41, 5.74) is 0. The summed E-state index contributed by atoms with van der Waals surface area (Å²) in [5, 5.41) is 10.6. The number of aliphatic hydroxyl groups excluding tert-OH is 1. The number of esters is 4. The fourth-order valence-corrected chi connectivity index (χ4v) is 14.0. The maximum Gasteiger partial charge on any atom is 0.472 e. The third-order valence-corrected chi connectivity index (χ3v) is 20.8. The van der Waals surface area contributed by atoms with Crippen molar-refractivity contribution in [3.05, 3.63) is 0 Å². The summed E-state index contributed by atoms with van der Waals surface area (Å²) in [5.74, 6) is -2.12. The standard InChI is InChI=1S/C80H156O17P2/c1-5-9-13-17-20-23-26-29-32-34-36-37-39-41-43-46-49-52-55-59-63-67-80(85)97-76(71-91-78(83)65-61-57-53-50-47-45-42-40-38-35-33-30-27-24-21-18-14-10-6-2)73-95-99(88,89)93-69-74(81)68-92-98(86,87)94-72-75(70-90-77(82)64-60-56-16-12-8-4)96-79(84)66-62-58-54-51-48-44-31-28-25-22-19-15-11-7-3/h74-76,81H,5-73H2,1-4H3,(H,86,87)(H,88,89)/t74-,75+,76+/m0/s1. The predicted molar refractivity (Wildman–Crippen MR) is 405 cm³/mol. The van der Waals surface area contributed by atoms with Crippen molar-refractivity contribution in [2.75, 3.05) is 39.6 Å². The highest BCUT2D eigenvalue weighted by Crippen LogP contribution is 2.45. The summed E-state index contributed by atoms with van der Waals surface area (Å²) in [4.78, 5) is 72.7. The Morgan fingerprint density at radius 3 is 0.596 bits per heavy atom. The van der Waals surface area contributed by atoms with Crippen LogP contribution in [0.5, 0.6) is 0 Å². The number of aliphatic hydroxyl groups is 1. The predicted octanol–water partition coefficient (Wildman–Crippen LogP) is 24.2. The molecule has 0 aromatic heterocycles. The first-order chi connectivity index (χ1) is 48.2. The van der Waals surface area contributed by atoms with E-state index < -0.39 is 97.5 Å². The lowest BCUT2D eigenvalue weighted by Gasteiger charge is -2.21. The lowest BCUT2D eigenvalue weighted by molar-refractivity contribution is -0.161. The molecule has 588 valence electrons. The minimum atomic E-state index is -4.96. The summed E-state index contributed by atoms with van der Waals surface area (Å²) in [6.07, 6.45) is 67.2. The molecule has 0 aliphatic carbocycles. The zero-order valence-electron chi connectivity index (χ0n) is 64.5. The summed E-state index contributed by atoms with van der Waals surface area (Å²) in [7, 11) is -9.90. The normalized spacial score (nSPS) is 13.8. The van der Waals surface area contributed by atoms with Crippen LogP contribution in [-0.2, 0) is 65.4 Å². The maximum absolute atomic E-state index is 13.1. The van der Waals surface area contributed by atoms with Crippen LogP contribution >= 0.6 is 15.6 Å². The Hall–Kier alpha value is -1.94. The largest absolute Gasteiger partial charge is 0.472 e. The van der Waals surface area contributed by atoms with E-state index in [4.69, 9.17) is 37.0 Å². The van der Waals surface area contributed by atoms with Crippen LogP contribution in [0, 0.1) is 0 Å². The van der Waals surface area contributed by atoms with E-state index in [1.165, 1.54) is 257 Å². The van der Waals surface area contributed by atoms with Gasteiger partial charge in [-0.05, 0) is 25.7 Å². The molecular weight excluding hydrogens is 1290 g/mol.